The van der Waals surface area contributed by atoms with E-state index in [1.54, 1.807) is 17.0 Å². The van der Waals surface area contributed by atoms with Gasteiger partial charge in [-0.25, -0.2) is 0 Å². The van der Waals surface area contributed by atoms with Gasteiger partial charge in [0.15, 0.2) is 5.76 Å². The summed E-state index contributed by atoms with van der Waals surface area (Å²) in [6, 6.07) is 14.7. The number of benzene rings is 2. The quantitative estimate of drug-likeness (QED) is 0.709. The molecule has 29 heavy (non-hydrogen) atoms. The predicted octanol–water partition coefficient (Wildman–Crippen LogP) is 3.79. The molecular weight excluding hydrogens is 390 g/mol. The lowest BCUT2D eigenvalue weighted by Crippen LogP contribution is -2.50. The van der Waals surface area contributed by atoms with Crippen LogP contribution in [0, 0.1) is 6.92 Å². The van der Waals surface area contributed by atoms with Crippen LogP contribution in [0.25, 0.3) is 11.0 Å². The zero-order valence-corrected chi connectivity index (χ0v) is 16.9. The third-order valence-corrected chi connectivity index (χ3v) is 5.41. The molecule has 1 aliphatic heterocycles. The van der Waals surface area contributed by atoms with Crippen LogP contribution in [-0.2, 0) is 4.79 Å². The summed E-state index contributed by atoms with van der Waals surface area (Å²) in [6.07, 6.45) is 0. The lowest BCUT2D eigenvalue weighted by Gasteiger charge is -2.33. The number of amides is 2. The minimum absolute atomic E-state index is 0.0546. The Morgan fingerprint density at radius 1 is 1.07 bits per heavy atom. The molecule has 1 fully saturated rings. The summed E-state index contributed by atoms with van der Waals surface area (Å²) in [5.41, 5.74) is 2.25. The summed E-state index contributed by atoms with van der Waals surface area (Å²) in [5.74, 6) is 0.182. The maximum Gasteiger partial charge on any atom is 0.289 e. The molecule has 0 radical (unpaired) electrons. The van der Waals surface area contributed by atoms with Crippen molar-refractivity contribution in [3.63, 3.8) is 0 Å². The molecule has 6 nitrogen and oxygen atoms in total. The van der Waals surface area contributed by atoms with Crippen LogP contribution in [0.1, 0.15) is 16.1 Å². The van der Waals surface area contributed by atoms with Crippen molar-refractivity contribution < 1.29 is 14.0 Å². The highest BCUT2D eigenvalue weighted by Gasteiger charge is 2.27. The van der Waals surface area contributed by atoms with Crippen molar-refractivity contribution >= 4 is 40.1 Å². The Balaban J connectivity index is 1.35. The molecule has 2 amide bonds. The van der Waals surface area contributed by atoms with Gasteiger partial charge in [-0.3, -0.25) is 14.5 Å². The second-order valence-corrected chi connectivity index (χ2v) is 7.62. The van der Waals surface area contributed by atoms with E-state index in [2.05, 4.69) is 5.32 Å². The number of hydrogen-bond donors (Lipinski definition) is 1. The minimum Gasteiger partial charge on any atom is -0.451 e. The third-order valence-electron chi connectivity index (χ3n) is 5.18. The van der Waals surface area contributed by atoms with Gasteiger partial charge in [0, 0.05) is 47.8 Å². The van der Waals surface area contributed by atoms with Gasteiger partial charge in [-0.1, -0.05) is 29.8 Å². The van der Waals surface area contributed by atoms with Gasteiger partial charge in [-0.05, 0) is 37.3 Å². The van der Waals surface area contributed by atoms with Crippen molar-refractivity contribution in [3.05, 3.63) is 64.9 Å². The second-order valence-electron chi connectivity index (χ2n) is 7.18. The molecule has 150 valence electrons. The van der Waals surface area contributed by atoms with E-state index in [1.165, 1.54) is 0 Å². The zero-order chi connectivity index (χ0) is 20.4. The number of piperazine rings is 1. The maximum absolute atomic E-state index is 12.9. The molecule has 1 saturated heterocycles. The molecule has 0 unspecified atom stereocenters. The number of furan rings is 1. The fraction of sp³-hybridized carbons (Fsp3) is 0.273. The number of para-hydroxylation sites is 1. The topological polar surface area (TPSA) is 65.8 Å². The van der Waals surface area contributed by atoms with Crippen LogP contribution in [0.4, 0.5) is 5.69 Å². The summed E-state index contributed by atoms with van der Waals surface area (Å²) in [6.45, 7) is 4.56. The molecule has 0 aliphatic carbocycles. The van der Waals surface area contributed by atoms with Crippen molar-refractivity contribution in [3.8, 4) is 0 Å². The van der Waals surface area contributed by atoms with E-state index in [0.717, 1.165) is 16.6 Å². The summed E-state index contributed by atoms with van der Waals surface area (Å²) in [5, 5.41) is 4.36. The fourth-order valence-corrected chi connectivity index (χ4v) is 3.75. The smallest absolute Gasteiger partial charge is 0.289 e. The van der Waals surface area contributed by atoms with Crippen molar-refractivity contribution in [2.24, 2.45) is 0 Å². The van der Waals surface area contributed by atoms with E-state index in [9.17, 15) is 9.59 Å². The first kappa shape index (κ1) is 19.5. The van der Waals surface area contributed by atoms with Crippen LogP contribution in [-0.4, -0.2) is 54.3 Å². The van der Waals surface area contributed by atoms with Crippen LogP contribution < -0.4 is 5.32 Å². The molecule has 2 aromatic carbocycles. The number of halogens is 1. The monoisotopic (exact) mass is 411 g/mol. The molecule has 1 aliphatic rings. The summed E-state index contributed by atoms with van der Waals surface area (Å²) in [4.78, 5) is 29.0. The Morgan fingerprint density at radius 3 is 2.52 bits per heavy atom. The van der Waals surface area contributed by atoms with E-state index in [1.807, 2.05) is 48.2 Å². The summed E-state index contributed by atoms with van der Waals surface area (Å²) >= 11 is 6.06. The van der Waals surface area contributed by atoms with E-state index in [4.69, 9.17) is 16.0 Å². The van der Waals surface area contributed by atoms with Crippen molar-refractivity contribution in [1.82, 2.24) is 9.80 Å². The number of rotatable bonds is 4. The molecule has 0 spiro atoms. The Bertz CT molecular complexity index is 1040. The molecule has 3 aromatic rings. The van der Waals surface area contributed by atoms with E-state index >= 15 is 0 Å². The number of aryl methyl sites for hydroxylation is 1. The highest BCUT2D eigenvalue weighted by molar-refractivity contribution is 6.31. The van der Waals surface area contributed by atoms with Crippen LogP contribution in [0.2, 0.25) is 5.02 Å². The highest BCUT2D eigenvalue weighted by Crippen LogP contribution is 2.28. The van der Waals surface area contributed by atoms with Crippen LogP contribution in [0.3, 0.4) is 0 Å². The number of fused-ring (bicyclic) bond motifs is 1. The van der Waals surface area contributed by atoms with Gasteiger partial charge in [0.2, 0.25) is 5.91 Å². The van der Waals surface area contributed by atoms with Crippen molar-refractivity contribution in [1.29, 1.82) is 0 Å². The maximum atomic E-state index is 12.9. The highest BCUT2D eigenvalue weighted by atomic mass is 35.5. The van der Waals surface area contributed by atoms with E-state index < -0.39 is 0 Å². The standard InChI is InChI=1S/C22H22ClN3O3/c1-15-18-13-16(23)7-8-19(18)29-21(15)22(28)26-11-9-25(10-12-26)14-20(27)24-17-5-3-2-4-6-17/h2-8,13H,9-12,14H2,1H3,(H,24,27). The third kappa shape index (κ3) is 4.28. The number of nitrogens with zero attached hydrogens (tertiary/aromatic N) is 2. The Kier molecular flexibility index (Phi) is 5.56. The molecule has 7 heteroatoms. The number of anilines is 1. The van der Waals surface area contributed by atoms with Gasteiger partial charge in [0.05, 0.1) is 6.54 Å². The average molecular weight is 412 g/mol. The molecule has 1 N–H and O–H groups in total. The molecule has 4 rings (SSSR count). The molecular formula is C22H22ClN3O3. The number of hydrogen-bond acceptors (Lipinski definition) is 4. The van der Waals surface area contributed by atoms with Gasteiger partial charge >= 0.3 is 0 Å². The van der Waals surface area contributed by atoms with Gasteiger partial charge in [-0.2, -0.15) is 0 Å². The van der Waals surface area contributed by atoms with Crippen LogP contribution in [0.15, 0.2) is 52.9 Å². The summed E-state index contributed by atoms with van der Waals surface area (Å²) in [7, 11) is 0. The van der Waals surface area contributed by atoms with Gasteiger partial charge in [0.1, 0.15) is 5.58 Å². The second kappa shape index (κ2) is 8.27. The lowest BCUT2D eigenvalue weighted by molar-refractivity contribution is -0.117. The molecule has 0 saturated carbocycles. The molecule has 2 heterocycles. The number of carbonyl (C=O) groups excluding carboxylic acids is 2. The van der Waals surface area contributed by atoms with E-state index in [-0.39, 0.29) is 11.8 Å². The van der Waals surface area contributed by atoms with Crippen LogP contribution >= 0.6 is 11.6 Å². The predicted molar refractivity (Wildman–Crippen MR) is 113 cm³/mol. The van der Waals surface area contributed by atoms with Gasteiger partial charge in [-0.15, -0.1) is 0 Å². The first-order chi connectivity index (χ1) is 14.0. The Labute approximate surface area is 174 Å². The average Bonchev–Trinajstić information content (AvgIpc) is 3.05. The summed E-state index contributed by atoms with van der Waals surface area (Å²) < 4.78 is 5.80. The van der Waals surface area contributed by atoms with Gasteiger partial charge < -0.3 is 14.6 Å². The Morgan fingerprint density at radius 2 is 1.79 bits per heavy atom. The number of nitrogens with one attached hydrogen (secondary N) is 1. The first-order valence-electron chi connectivity index (χ1n) is 9.56. The number of carbonyl (C=O) groups is 2. The molecule has 0 bridgehead atoms. The SMILES string of the molecule is Cc1c(C(=O)N2CCN(CC(=O)Nc3ccccc3)CC2)oc2ccc(Cl)cc12. The zero-order valence-electron chi connectivity index (χ0n) is 16.2. The van der Waals surface area contributed by atoms with Crippen molar-refractivity contribution in [2.75, 3.05) is 38.0 Å². The fourth-order valence-electron chi connectivity index (χ4n) is 3.57. The molecule has 0 atom stereocenters. The van der Waals surface area contributed by atoms with Crippen molar-refractivity contribution in [2.45, 2.75) is 6.92 Å². The van der Waals surface area contributed by atoms with Crippen LogP contribution in [0.5, 0.6) is 0 Å². The van der Waals surface area contributed by atoms with Gasteiger partial charge in [0.25, 0.3) is 5.91 Å². The lowest BCUT2D eigenvalue weighted by atomic mass is 10.1. The van der Waals surface area contributed by atoms with E-state index in [0.29, 0.717) is 49.1 Å². The molecule has 1 aromatic heterocycles. The minimum atomic E-state index is -0.122. The largest absolute Gasteiger partial charge is 0.451 e. The Hall–Kier alpha value is -2.83. The first-order valence-corrected chi connectivity index (χ1v) is 9.94. The normalized spacial score (nSPS) is 14.9.